The number of hydrogen-bond acceptors (Lipinski definition) is 2. The molecule has 1 rings (SSSR count). The van der Waals surface area contributed by atoms with Crippen molar-refractivity contribution in [3.63, 3.8) is 0 Å². The summed E-state index contributed by atoms with van der Waals surface area (Å²) in [6.45, 7) is 8.29. The standard InChI is InChI=1S/C14H26N2O3/c1-10-6-8-16(9-12(10)3)14(19)15-7-4-5-11(2)13(17)18/h10-12H,4-9H2,1-3H3,(H,15,19)(H,17,18). The SMILES string of the molecule is CC(CCCNC(=O)N1CCC(C)C(C)C1)C(=O)O. The minimum absolute atomic E-state index is 0.0123. The van der Waals surface area contributed by atoms with E-state index in [-0.39, 0.29) is 11.9 Å². The van der Waals surface area contributed by atoms with Crippen molar-refractivity contribution in [2.75, 3.05) is 19.6 Å². The summed E-state index contributed by atoms with van der Waals surface area (Å²) in [5, 5.41) is 11.6. The molecule has 1 aliphatic rings. The molecule has 5 heteroatoms. The number of rotatable bonds is 5. The molecule has 1 fully saturated rings. The molecule has 0 aromatic rings. The van der Waals surface area contributed by atoms with Crippen molar-refractivity contribution in [2.24, 2.45) is 17.8 Å². The van der Waals surface area contributed by atoms with Gasteiger partial charge in [0.15, 0.2) is 0 Å². The van der Waals surface area contributed by atoms with E-state index in [1.165, 1.54) is 0 Å². The topological polar surface area (TPSA) is 69.6 Å². The maximum atomic E-state index is 11.9. The van der Waals surface area contributed by atoms with Crippen LogP contribution in [0.2, 0.25) is 0 Å². The van der Waals surface area contributed by atoms with E-state index in [9.17, 15) is 9.59 Å². The maximum absolute atomic E-state index is 11.9. The third kappa shape index (κ3) is 5.09. The highest BCUT2D eigenvalue weighted by Gasteiger charge is 2.25. The van der Waals surface area contributed by atoms with Gasteiger partial charge in [-0.3, -0.25) is 4.79 Å². The van der Waals surface area contributed by atoms with Crippen LogP contribution in [0.3, 0.4) is 0 Å². The zero-order chi connectivity index (χ0) is 14.4. The molecule has 2 amide bonds. The van der Waals surface area contributed by atoms with Crippen molar-refractivity contribution in [2.45, 2.75) is 40.0 Å². The highest BCUT2D eigenvalue weighted by molar-refractivity contribution is 5.74. The van der Waals surface area contributed by atoms with E-state index in [4.69, 9.17) is 5.11 Å². The van der Waals surface area contributed by atoms with Crippen LogP contribution in [0.1, 0.15) is 40.0 Å². The predicted molar refractivity (Wildman–Crippen MR) is 74.0 cm³/mol. The van der Waals surface area contributed by atoms with Gasteiger partial charge in [0.25, 0.3) is 0 Å². The first-order chi connectivity index (χ1) is 8.91. The second-order valence-electron chi connectivity index (χ2n) is 5.80. The number of nitrogens with one attached hydrogen (secondary N) is 1. The molecule has 0 aromatic carbocycles. The van der Waals surface area contributed by atoms with Gasteiger partial charge >= 0.3 is 12.0 Å². The minimum atomic E-state index is -0.773. The number of carbonyl (C=O) groups excluding carboxylic acids is 1. The Balaban J connectivity index is 2.19. The van der Waals surface area contributed by atoms with Crippen LogP contribution >= 0.6 is 0 Å². The molecule has 0 spiro atoms. The van der Waals surface area contributed by atoms with Crippen LogP contribution in [0.4, 0.5) is 4.79 Å². The van der Waals surface area contributed by atoms with Crippen molar-refractivity contribution < 1.29 is 14.7 Å². The van der Waals surface area contributed by atoms with E-state index in [1.54, 1.807) is 6.92 Å². The van der Waals surface area contributed by atoms with E-state index in [0.29, 0.717) is 31.2 Å². The normalized spacial score (nSPS) is 24.9. The molecule has 19 heavy (non-hydrogen) atoms. The van der Waals surface area contributed by atoms with E-state index >= 15 is 0 Å². The largest absolute Gasteiger partial charge is 0.481 e. The monoisotopic (exact) mass is 270 g/mol. The number of nitrogens with zero attached hydrogens (tertiary/aromatic N) is 1. The summed E-state index contributed by atoms with van der Waals surface area (Å²) in [7, 11) is 0. The summed E-state index contributed by atoms with van der Waals surface area (Å²) >= 11 is 0. The number of piperidine rings is 1. The molecular formula is C14H26N2O3. The Bertz CT molecular complexity index is 320. The first kappa shape index (κ1) is 15.8. The second-order valence-corrected chi connectivity index (χ2v) is 5.80. The van der Waals surface area contributed by atoms with Crippen molar-refractivity contribution in [3.8, 4) is 0 Å². The Kier molecular flexibility index (Phi) is 6.12. The van der Waals surface area contributed by atoms with E-state index in [0.717, 1.165) is 19.5 Å². The van der Waals surface area contributed by atoms with Crippen LogP contribution in [-0.2, 0) is 4.79 Å². The number of carboxylic acid groups (broad SMARTS) is 1. The fraction of sp³-hybridized carbons (Fsp3) is 0.857. The van der Waals surface area contributed by atoms with Gasteiger partial charge in [0.05, 0.1) is 5.92 Å². The first-order valence-electron chi connectivity index (χ1n) is 7.17. The van der Waals surface area contributed by atoms with Gasteiger partial charge in [0, 0.05) is 19.6 Å². The number of likely N-dealkylation sites (tertiary alicyclic amines) is 1. The average molecular weight is 270 g/mol. The number of urea groups is 1. The van der Waals surface area contributed by atoms with Crippen LogP contribution in [0.25, 0.3) is 0 Å². The van der Waals surface area contributed by atoms with Crippen LogP contribution in [0.15, 0.2) is 0 Å². The van der Waals surface area contributed by atoms with Gasteiger partial charge in [-0.25, -0.2) is 4.79 Å². The van der Waals surface area contributed by atoms with E-state index in [2.05, 4.69) is 19.2 Å². The fourth-order valence-corrected chi connectivity index (χ4v) is 2.29. The summed E-state index contributed by atoms with van der Waals surface area (Å²) in [4.78, 5) is 24.4. The number of carboxylic acids is 1. The average Bonchev–Trinajstić information content (AvgIpc) is 2.37. The Morgan fingerprint density at radius 2 is 2.05 bits per heavy atom. The second kappa shape index (κ2) is 7.36. The molecule has 1 heterocycles. The highest BCUT2D eigenvalue weighted by Crippen LogP contribution is 2.22. The smallest absolute Gasteiger partial charge is 0.317 e. The lowest BCUT2D eigenvalue weighted by molar-refractivity contribution is -0.141. The third-order valence-electron chi connectivity index (χ3n) is 4.13. The molecule has 2 N–H and O–H groups in total. The molecule has 3 atom stereocenters. The number of aliphatic carboxylic acids is 1. The zero-order valence-electron chi connectivity index (χ0n) is 12.2. The number of hydrogen-bond donors (Lipinski definition) is 2. The first-order valence-corrected chi connectivity index (χ1v) is 7.17. The quantitative estimate of drug-likeness (QED) is 0.752. The Morgan fingerprint density at radius 1 is 1.37 bits per heavy atom. The van der Waals surface area contributed by atoms with Crippen molar-refractivity contribution in [1.82, 2.24) is 10.2 Å². The lowest BCUT2D eigenvalue weighted by Crippen LogP contribution is -2.47. The molecule has 0 aromatic heterocycles. The molecule has 5 nitrogen and oxygen atoms in total. The van der Waals surface area contributed by atoms with Gasteiger partial charge < -0.3 is 15.3 Å². The Morgan fingerprint density at radius 3 is 2.63 bits per heavy atom. The predicted octanol–water partition coefficient (Wildman–Crippen LogP) is 2.17. The highest BCUT2D eigenvalue weighted by atomic mass is 16.4. The molecule has 0 aliphatic carbocycles. The molecule has 3 unspecified atom stereocenters. The van der Waals surface area contributed by atoms with Crippen LogP contribution in [0.5, 0.6) is 0 Å². The summed E-state index contributed by atoms with van der Waals surface area (Å²) in [5.41, 5.74) is 0. The van der Waals surface area contributed by atoms with Crippen LogP contribution < -0.4 is 5.32 Å². The Hall–Kier alpha value is -1.26. The van der Waals surface area contributed by atoms with Crippen LogP contribution in [-0.4, -0.2) is 41.6 Å². The summed E-state index contributed by atoms with van der Waals surface area (Å²) in [6.07, 6.45) is 2.37. The zero-order valence-corrected chi connectivity index (χ0v) is 12.2. The number of amides is 2. The van der Waals surface area contributed by atoms with Crippen LogP contribution in [0, 0.1) is 17.8 Å². The minimum Gasteiger partial charge on any atom is -0.481 e. The van der Waals surface area contributed by atoms with Gasteiger partial charge in [0.2, 0.25) is 0 Å². The van der Waals surface area contributed by atoms with Gasteiger partial charge in [-0.2, -0.15) is 0 Å². The third-order valence-corrected chi connectivity index (χ3v) is 4.13. The summed E-state index contributed by atoms with van der Waals surface area (Å²) in [6, 6.07) is -0.0123. The van der Waals surface area contributed by atoms with Gasteiger partial charge in [-0.1, -0.05) is 20.8 Å². The molecule has 1 saturated heterocycles. The molecular weight excluding hydrogens is 244 g/mol. The van der Waals surface area contributed by atoms with Gasteiger partial charge in [0.1, 0.15) is 0 Å². The molecule has 0 bridgehead atoms. The summed E-state index contributed by atoms with van der Waals surface area (Å²) < 4.78 is 0. The van der Waals surface area contributed by atoms with E-state index < -0.39 is 5.97 Å². The van der Waals surface area contributed by atoms with E-state index in [1.807, 2.05) is 4.90 Å². The van der Waals surface area contributed by atoms with Gasteiger partial charge in [-0.05, 0) is 31.1 Å². The number of carbonyl (C=O) groups is 2. The maximum Gasteiger partial charge on any atom is 0.317 e. The van der Waals surface area contributed by atoms with Crippen molar-refractivity contribution >= 4 is 12.0 Å². The fourth-order valence-electron chi connectivity index (χ4n) is 2.29. The molecule has 0 radical (unpaired) electrons. The Labute approximate surface area is 115 Å². The molecule has 110 valence electrons. The lowest BCUT2D eigenvalue weighted by atomic mass is 9.89. The van der Waals surface area contributed by atoms with Gasteiger partial charge in [-0.15, -0.1) is 0 Å². The molecule has 0 saturated carbocycles. The van der Waals surface area contributed by atoms with Crippen molar-refractivity contribution in [3.05, 3.63) is 0 Å². The van der Waals surface area contributed by atoms with Crippen molar-refractivity contribution in [1.29, 1.82) is 0 Å². The molecule has 1 aliphatic heterocycles. The lowest BCUT2D eigenvalue weighted by Gasteiger charge is -2.35. The summed E-state index contributed by atoms with van der Waals surface area (Å²) in [5.74, 6) is 0.116.